The number of hydrogen-bond donors (Lipinski definition) is 2. The van der Waals surface area contributed by atoms with Gasteiger partial charge in [-0.3, -0.25) is 4.79 Å². The fraction of sp³-hybridized carbons (Fsp3) is 0.417. The van der Waals surface area contributed by atoms with E-state index >= 15 is 0 Å². The van der Waals surface area contributed by atoms with Crippen LogP contribution < -0.4 is 11.1 Å². The maximum atomic E-state index is 11.6. The van der Waals surface area contributed by atoms with Crippen molar-refractivity contribution in [2.24, 2.45) is 11.7 Å². The number of nitrogens with zero attached hydrogens (tertiary/aromatic N) is 1. The third-order valence-electron chi connectivity index (χ3n) is 2.47. The maximum absolute atomic E-state index is 11.6. The molecule has 1 heterocycles. The number of esters is 1. The Balaban J connectivity index is 2.90. The highest BCUT2D eigenvalue weighted by Crippen LogP contribution is 2.13. The topological polar surface area (TPSA) is 94.3 Å². The minimum absolute atomic E-state index is 0.0245. The molecule has 18 heavy (non-hydrogen) atoms. The van der Waals surface area contributed by atoms with Crippen LogP contribution in [0.2, 0.25) is 0 Å². The second-order valence-electron chi connectivity index (χ2n) is 4.18. The van der Waals surface area contributed by atoms with E-state index in [1.54, 1.807) is 0 Å². The fourth-order valence-electron chi connectivity index (χ4n) is 1.45. The number of hydrogen-bond acceptors (Lipinski definition) is 5. The number of ether oxygens (including phenoxy) is 1. The predicted octanol–water partition coefficient (Wildman–Crippen LogP) is 0.790. The molecule has 0 aliphatic heterocycles. The number of nitrogens with two attached hydrogens (primary N) is 1. The normalized spacial score (nSPS) is 12.0. The molecular formula is C12H17N3O3. The van der Waals surface area contributed by atoms with Gasteiger partial charge >= 0.3 is 5.97 Å². The fourth-order valence-corrected chi connectivity index (χ4v) is 1.45. The molecule has 0 aliphatic rings. The highest BCUT2D eigenvalue weighted by Gasteiger charge is 2.23. The first-order valence-corrected chi connectivity index (χ1v) is 5.56. The van der Waals surface area contributed by atoms with E-state index in [0.717, 1.165) is 0 Å². The van der Waals surface area contributed by atoms with Crippen molar-refractivity contribution in [2.75, 3.05) is 12.4 Å². The van der Waals surface area contributed by atoms with E-state index in [1.807, 2.05) is 13.8 Å². The van der Waals surface area contributed by atoms with Crippen LogP contribution in [-0.2, 0) is 9.53 Å². The molecular weight excluding hydrogens is 234 g/mol. The van der Waals surface area contributed by atoms with Crippen molar-refractivity contribution in [3.63, 3.8) is 0 Å². The summed E-state index contributed by atoms with van der Waals surface area (Å²) in [6, 6.07) is 2.49. The lowest BCUT2D eigenvalue weighted by Crippen LogP contribution is -2.35. The Hall–Kier alpha value is -2.11. The molecule has 1 aromatic rings. The Morgan fingerprint density at radius 3 is 2.61 bits per heavy atom. The smallest absolute Gasteiger partial charge is 0.328 e. The summed E-state index contributed by atoms with van der Waals surface area (Å²) in [7, 11) is 1.33. The molecule has 0 aliphatic carbocycles. The van der Waals surface area contributed by atoms with Gasteiger partial charge in [0.15, 0.2) is 0 Å². The van der Waals surface area contributed by atoms with E-state index in [1.165, 1.54) is 25.4 Å². The molecule has 1 aromatic heterocycles. The molecule has 0 bridgehead atoms. The summed E-state index contributed by atoms with van der Waals surface area (Å²) < 4.78 is 4.70. The minimum atomic E-state index is -0.542. The summed E-state index contributed by atoms with van der Waals surface area (Å²) in [5, 5.41) is 2.93. The van der Waals surface area contributed by atoms with Gasteiger partial charge in [0.2, 0.25) is 5.91 Å². The van der Waals surface area contributed by atoms with Crippen molar-refractivity contribution in [1.29, 1.82) is 0 Å². The zero-order chi connectivity index (χ0) is 13.7. The van der Waals surface area contributed by atoms with Crippen LogP contribution in [0.1, 0.15) is 24.2 Å². The first-order chi connectivity index (χ1) is 8.45. The minimum Gasteiger partial charge on any atom is -0.467 e. The molecule has 0 aromatic carbocycles. The number of methoxy groups -OCH3 is 1. The first-order valence-electron chi connectivity index (χ1n) is 5.56. The molecule has 6 nitrogen and oxygen atoms in total. The molecule has 98 valence electrons. The van der Waals surface area contributed by atoms with Crippen LogP contribution in [0, 0.1) is 5.92 Å². The lowest BCUT2D eigenvalue weighted by atomic mass is 10.0. The largest absolute Gasteiger partial charge is 0.467 e. The van der Waals surface area contributed by atoms with Gasteiger partial charge in [-0.15, -0.1) is 0 Å². The van der Waals surface area contributed by atoms with Crippen LogP contribution >= 0.6 is 0 Å². The third-order valence-corrected chi connectivity index (χ3v) is 2.47. The van der Waals surface area contributed by atoms with Gasteiger partial charge < -0.3 is 15.8 Å². The lowest BCUT2D eigenvalue weighted by Gasteiger charge is -2.20. The van der Waals surface area contributed by atoms with Gasteiger partial charge in [-0.2, -0.15) is 0 Å². The molecule has 0 fully saturated rings. The Bertz CT molecular complexity index is 446. The third kappa shape index (κ3) is 3.44. The van der Waals surface area contributed by atoms with Crippen LogP contribution in [0.5, 0.6) is 0 Å². The molecule has 1 amide bonds. The highest BCUT2D eigenvalue weighted by molar-refractivity contribution is 5.93. The average molecular weight is 251 g/mol. The SMILES string of the molecule is COC(=O)C(Nc1cc(C(N)=O)ccn1)C(C)C. The van der Waals surface area contributed by atoms with Crippen molar-refractivity contribution < 1.29 is 14.3 Å². The van der Waals surface area contributed by atoms with Crippen LogP contribution in [0.4, 0.5) is 5.82 Å². The monoisotopic (exact) mass is 251 g/mol. The summed E-state index contributed by atoms with van der Waals surface area (Å²) in [6.45, 7) is 3.76. The molecule has 0 saturated carbocycles. The van der Waals surface area contributed by atoms with Crippen molar-refractivity contribution >= 4 is 17.7 Å². The Kier molecular flexibility index (Phi) is 4.65. The van der Waals surface area contributed by atoms with Gasteiger partial charge in [0.05, 0.1) is 7.11 Å². The quantitative estimate of drug-likeness (QED) is 0.754. The molecule has 0 radical (unpaired) electrons. The van der Waals surface area contributed by atoms with Crippen LogP contribution in [0.25, 0.3) is 0 Å². The van der Waals surface area contributed by atoms with Gasteiger partial charge in [0.1, 0.15) is 11.9 Å². The summed E-state index contributed by atoms with van der Waals surface area (Å²) in [5.41, 5.74) is 5.51. The predicted molar refractivity (Wildman–Crippen MR) is 67.0 cm³/mol. The zero-order valence-corrected chi connectivity index (χ0v) is 10.6. The number of nitrogens with one attached hydrogen (secondary N) is 1. The maximum Gasteiger partial charge on any atom is 0.328 e. The number of carbonyl (C=O) groups is 2. The molecule has 1 unspecified atom stereocenters. The Morgan fingerprint density at radius 1 is 1.44 bits per heavy atom. The number of pyridine rings is 1. The number of primary amides is 1. The number of carbonyl (C=O) groups excluding carboxylic acids is 2. The van der Waals surface area contributed by atoms with E-state index in [9.17, 15) is 9.59 Å². The van der Waals surface area contributed by atoms with Crippen molar-refractivity contribution in [3.8, 4) is 0 Å². The van der Waals surface area contributed by atoms with E-state index in [-0.39, 0.29) is 11.9 Å². The first kappa shape index (κ1) is 14.0. The standard InChI is InChI=1S/C12H17N3O3/c1-7(2)10(12(17)18-3)15-9-6-8(11(13)16)4-5-14-9/h4-7,10H,1-3H3,(H2,13,16)(H,14,15). The van der Waals surface area contributed by atoms with Gasteiger partial charge in [-0.25, -0.2) is 9.78 Å². The summed E-state index contributed by atoms with van der Waals surface area (Å²) in [6.07, 6.45) is 1.46. The van der Waals surface area contributed by atoms with E-state index < -0.39 is 11.9 Å². The Morgan fingerprint density at radius 2 is 2.11 bits per heavy atom. The van der Waals surface area contributed by atoms with Crippen molar-refractivity contribution in [3.05, 3.63) is 23.9 Å². The van der Waals surface area contributed by atoms with Crippen LogP contribution in [0.15, 0.2) is 18.3 Å². The summed E-state index contributed by atoms with van der Waals surface area (Å²) in [5.74, 6) is -0.484. The van der Waals surface area contributed by atoms with Gasteiger partial charge in [-0.1, -0.05) is 13.8 Å². The van der Waals surface area contributed by atoms with Gasteiger partial charge in [-0.05, 0) is 18.1 Å². The van der Waals surface area contributed by atoms with Crippen molar-refractivity contribution in [1.82, 2.24) is 4.98 Å². The second kappa shape index (κ2) is 6.00. The average Bonchev–Trinajstić information content (AvgIpc) is 2.35. The molecule has 0 spiro atoms. The zero-order valence-electron chi connectivity index (χ0n) is 10.6. The molecule has 0 saturated heterocycles. The van der Waals surface area contributed by atoms with E-state index in [2.05, 4.69) is 10.3 Å². The second-order valence-corrected chi connectivity index (χ2v) is 4.18. The van der Waals surface area contributed by atoms with Crippen LogP contribution in [-0.4, -0.2) is 30.0 Å². The number of aromatic nitrogens is 1. The molecule has 6 heteroatoms. The number of amides is 1. The summed E-state index contributed by atoms with van der Waals surface area (Å²) in [4.78, 5) is 26.6. The van der Waals surface area contributed by atoms with E-state index in [4.69, 9.17) is 10.5 Å². The van der Waals surface area contributed by atoms with E-state index in [0.29, 0.717) is 11.4 Å². The molecule has 3 N–H and O–H groups in total. The Labute approximate surface area is 106 Å². The molecule has 1 atom stereocenters. The van der Waals surface area contributed by atoms with Crippen molar-refractivity contribution in [2.45, 2.75) is 19.9 Å². The van der Waals surface area contributed by atoms with Gasteiger partial charge in [0.25, 0.3) is 0 Å². The number of anilines is 1. The summed E-state index contributed by atoms with van der Waals surface area (Å²) >= 11 is 0. The highest BCUT2D eigenvalue weighted by atomic mass is 16.5. The van der Waals surface area contributed by atoms with Crippen LogP contribution in [0.3, 0.4) is 0 Å². The number of rotatable bonds is 5. The van der Waals surface area contributed by atoms with Gasteiger partial charge in [0, 0.05) is 11.8 Å². The molecule has 1 rings (SSSR count). The lowest BCUT2D eigenvalue weighted by molar-refractivity contribution is -0.142.